The van der Waals surface area contributed by atoms with Gasteiger partial charge in [0.1, 0.15) is 17.6 Å². The largest absolute Gasteiger partial charge is 0.459 e. The number of rotatable bonds is 8. The summed E-state index contributed by atoms with van der Waals surface area (Å²) in [7, 11) is 4.08. The predicted octanol–water partition coefficient (Wildman–Crippen LogP) is 4.17. The Morgan fingerprint density at radius 1 is 1.19 bits per heavy atom. The standard InChI is InChI=1S/C23H25N5O3S/c1-26(2)14-7-15-27-22(21(25-23(27)32)17-9-5-6-13-24-17)20-12-11-19(31-20)16-8-3-4-10-18(16)28(29)30/h3-6,8-13,21-22H,7,14-15H2,1-2H3,(H,25,32)/t21-,22-/m1/s1. The highest BCUT2D eigenvalue weighted by Crippen LogP contribution is 2.41. The van der Waals surface area contributed by atoms with E-state index >= 15 is 0 Å². The molecule has 2 atom stereocenters. The van der Waals surface area contributed by atoms with Gasteiger partial charge < -0.3 is 19.5 Å². The van der Waals surface area contributed by atoms with E-state index in [4.69, 9.17) is 16.6 Å². The molecule has 9 heteroatoms. The minimum atomic E-state index is -0.395. The van der Waals surface area contributed by atoms with E-state index in [1.54, 1.807) is 30.5 Å². The van der Waals surface area contributed by atoms with Crippen molar-refractivity contribution in [3.8, 4) is 11.3 Å². The number of thiocarbonyl (C=S) groups is 1. The van der Waals surface area contributed by atoms with Crippen LogP contribution in [0, 0.1) is 10.1 Å². The number of nitrogens with one attached hydrogen (secondary N) is 1. The van der Waals surface area contributed by atoms with Crippen LogP contribution in [0.3, 0.4) is 0 Å². The van der Waals surface area contributed by atoms with Crippen LogP contribution >= 0.6 is 12.2 Å². The van der Waals surface area contributed by atoms with Crippen LogP contribution in [0.15, 0.2) is 65.2 Å². The first-order valence-electron chi connectivity index (χ1n) is 10.4. The Bertz CT molecular complexity index is 1100. The number of aromatic nitrogens is 1. The van der Waals surface area contributed by atoms with Crippen LogP contribution in [0.1, 0.15) is 30.0 Å². The summed E-state index contributed by atoms with van der Waals surface area (Å²) in [5.74, 6) is 1.14. The van der Waals surface area contributed by atoms with Crippen molar-refractivity contribution in [2.24, 2.45) is 0 Å². The molecule has 1 saturated heterocycles. The molecule has 0 aliphatic carbocycles. The lowest BCUT2D eigenvalue weighted by Crippen LogP contribution is -2.32. The second-order valence-corrected chi connectivity index (χ2v) is 8.34. The maximum Gasteiger partial charge on any atom is 0.280 e. The number of pyridine rings is 1. The number of furan rings is 1. The van der Waals surface area contributed by atoms with E-state index in [0.29, 0.717) is 22.2 Å². The monoisotopic (exact) mass is 451 g/mol. The number of hydrogen-bond acceptors (Lipinski definition) is 6. The van der Waals surface area contributed by atoms with Crippen molar-refractivity contribution in [3.05, 3.63) is 82.4 Å². The van der Waals surface area contributed by atoms with Crippen molar-refractivity contribution >= 4 is 23.0 Å². The van der Waals surface area contributed by atoms with Crippen molar-refractivity contribution in [1.29, 1.82) is 0 Å². The van der Waals surface area contributed by atoms with Gasteiger partial charge in [0, 0.05) is 18.8 Å². The first kappa shape index (κ1) is 21.9. The van der Waals surface area contributed by atoms with Crippen LogP contribution < -0.4 is 5.32 Å². The summed E-state index contributed by atoms with van der Waals surface area (Å²) in [4.78, 5) is 19.9. The summed E-state index contributed by atoms with van der Waals surface area (Å²) >= 11 is 5.67. The Labute approximate surface area is 192 Å². The fraction of sp³-hybridized carbons (Fsp3) is 0.304. The lowest BCUT2D eigenvalue weighted by Gasteiger charge is -2.26. The van der Waals surface area contributed by atoms with Gasteiger partial charge >= 0.3 is 0 Å². The molecule has 32 heavy (non-hydrogen) atoms. The minimum absolute atomic E-state index is 0.0117. The second-order valence-electron chi connectivity index (χ2n) is 7.95. The Morgan fingerprint density at radius 3 is 2.69 bits per heavy atom. The second kappa shape index (κ2) is 9.46. The first-order chi connectivity index (χ1) is 15.5. The van der Waals surface area contributed by atoms with Crippen LogP contribution in [0.5, 0.6) is 0 Å². The third kappa shape index (κ3) is 4.49. The summed E-state index contributed by atoms with van der Waals surface area (Å²) in [6.07, 6.45) is 2.69. The summed E-state index contributed by atoms with van der Waals surface area (Å²) in [5.41, 5.74) is 1.32. The van der Waals surface area contributed by atoms with Gasteiger partial charge in [-0.15, -0.1) is 0 Å². The van der Waals surface area contributed by atoms with Crippen molar-refractivity contribution in [2.45, 2.75) is 18.5 Å². The van der Waals surface area contributed by atoms with Gasteiger partial charge in [0.15, 0.2) is 5.11 Å². The Kier molecular flexibility index (Phi) is 6.48. The predicted molar refractivity (Wildman–Crippen MR) is 126 cm³/mol. The Hall–Kier alpha value is -3.30. The third-order valence-electron chi connectivity index (χ3n) is 5.49. The molecule has 3 aromatic rings. The molecule has 2 aromatic heterocycles. The number of benzene rings is 1. The van der Waals surface area contributed by atoms with Gasteiger partial charge in [0.2, 0.25) is 0 Å². The Morgan fingerprint density at radius 2 is 1.97 bits per heavy atom. The van der Waals surface area contributed by atoms with Crippen LogP contribution in [0.2, 0.25) is 0 Å². The van der Waals surface area contributed by atoms with Crippen LogP contribution in [-0.2, 0) is 0 Å². The van der Waals surface area contributed by atoms with E-state index < -0.39 is 4.92 Å². The Balaban J connectivity index is 1.70. The zero-order valence-electron chi connectivity index (χ0n) is 18.0. The highest BCUT2D eigenvalue weighted by Gasteiger charge is 2.41. The molecule has 3 heterocycles. The highest BCUT2D eigenvalue weighted by molar-refractivity contribution is 7.80. The maximum absolute atomic E-state index is 11.5. The van der Waals surface area contributed by atoms with Crippen molar-refractivity contribution in [2.75, 3.05) is 27.2 Å². The summed E-state index contributed by atoms with van der Waals surface area (Å²) < 4.78 is 6.22. The van der Waals surface area contributed by atoms with Crippen molar-refractivity contribution < 1.29 is 9.34 Å². The molecule has 4 rings (SSSR count). The average Bonchev–Trinajstić information content (AvgIpc) is 3.39. The minimum Gasteiger partial charge on any atom is -0.459 e. The van der Waals surface area contributed by atoms with Gasteiger partial charge in [0.05, 0.1) is 22.2 Å². The van der Waals surface area contributed by atoms with Gasteiger partial charge in [-0.2, -0.15) is 0 Å². The molecule has 1 N–H and O–H groups in total. The summed E-state index contributed by atoms with van der Waals surface area (Å²) in [6, 6.07) is 15.6. The van der Waals surface area contributed by atoms with Crippen molar-refractivity contribution in [1.82, 2.24) is 20.1 Å². The molecule has 0 amide bonds. The number of nitrogens with zero attached hydrogens (tertiary/aromatic N) is 4. The maximum atomic E-state index is 11.5. The highest BCUT2D eigenvalue weighted by atomic mass is 32.1. The molecule has 1 fully saturated rings. The molecule has 1 aliphatic heterocycles. The fourth-order valence-corrected chi connectivity index (χ4v) is 4.34. The van der Waals surface area contributed by atoms with E-state index in [9.17, 15) is 10.1 Å². The fourth-order valence-electron chi connectivity index (χ4n) is 4.01. The van der Waals surface area contributed by atoms with Gasteiger partial charge in [0.25, 0.3) is 5.69 Å². The van der Waals surface area contributed by atoms with E-state index in [2.05, 4.69) is 20.1 Å². The quantitative estimate of drug-likeness (QED) is 0.310. The van der Waals surface area contributed by atoms with Crippen molar-refractivity contribution in [3.63, 3.8) is 0 Å². The van der Waals surface area contributed by atoms with Gasteiger partial charge in [-0.25, -0.2) is 0 Å². The normalized spacial score (nSPS) is 18.2. The van der Waals surface area contributed by atoms with Gasteiger partial charge in [-0.3, -0.25) is 15.1 Å². The van der Waals surface area contributed by atoms with Gasteiger partial charge in [-0.05, 0) is 69.6 Å². The van der Waals surface area contributed by atoms with E-state index in [1.165, 1.54) is 6.07 Å². The molecule has 0 saturated carbocycles. The van der Waals surface area contributed by atoms with E-state index in [1.807, 2.05) is 38.4 Å². The van der Waals surface area contributed by atoms with E-state index in [-0.39, 0.29) is 17.8 Å². The molecule has 1 aromatic carbocycles. The molecule has 1 aliphatic rings. The molecule has 0 unspecified atom stereocenters. The number of nitro benzene ring substituents is 1. The molecule has 0 bridgehead atoms. The molecule has 0 radical (unpaired) electrons. The van der Waals surface area contributed by atoms with Crippen LogP contribution in [-0.4, -0.2) is 52.0 Å². The molecular weight excluding hydrogens is 426 g/mol. The molecule has 0 spiro atoms. The molecular formula is C23H25N5O3S. The van der Waals surface area contributed by atoms with Crippen LogP contribution in [0.25, 0.3) is 11.3 Å². The van der Waals surface area contributed by atoms with Gasteiger partial charge in [-0.1, -0.05) is 18.2 Å². The lowest BCUT2D eigenvalue weighted by molar-refractivity contribution is -0.384. The smallest absolute Gasteiger partial charge is 0.280 e. The third-order valence-corrected chi connectivity index (χ3v) is 5.84. The lowest BCUT2D eigenvalue weighted by atomic mass is 10.0. The zero-order chi connectivity index (χ0) is 22.7. The molecule has 166 valence electrons. The molecule has 8 nitrogen and oxygen atoms in total. The number of nitro groups is 1. The summed E-state index contributed by atoms with van der Waals surface area (Å²) in [6.45, 7) is 1.68. The number of hydrogen-bond donors (Lipinski definition) is 1. The average molecular weight is 452 g/mol. The zero-order valence-corrected chi connectivity index (χ0v) is 18.8. The SMILES string of the molecule is CN(C)CCCN1C(=S)N[C@H](c2ccccn2)[C@H]1c1ccc(-c2ccccc2[N+](=O)[O-])o1. The van der Waals surface area contributed by atoms with E-state index in [0.717, 1.165) is 25.2 Å². The topological polar surface area (TPSA) is 87.7 Å². The van der Waals surface area contributed by atoms with Crippen LogP contribution in [0.4, 0.5) is 5.69 Å². The number of para-hydroxylation sites is 1. The summed E-state index contributed by atoms with van der Waals surface area (Å²) in [5, 5.41) is 15.5. The first-order valence-corrected chi connectivity index (χ1v) is 10.8.